The molecule has 0 saturated heterocycles. The van der Waals surface area contributed by atoms with E-state index in [-0.39, 0.29) is 12.0 Å². The Labute approximate surface area is 199 Å². The van der Waals surface area contributed by atoms with Gasteiger partial charge in [0.2, 0.25) is 0 Å². The molecule has 0 unspecified atom stereocenters. The highest BCUT2D eigenvalue weighted by atomic mass is 19.3. The number of hydrogen-bond donors (Lipinski definition) is 2. The minimum atomic E-state index is -3.53. The first-order chi connectivity index (χ1) is 14.9. The number of benzene rings is 1. The molecule has 0 aliphatic heterocycles. The maximum Gasteiger partial charge on any atom is 0.297 e. The van der Waals surface area contributed by atoms with Gasteiger partial charge in [-0.15, -0.1) is 0 Å². The van der Waals surface area contributed by atoms with E-state index in [0.717, 1.165) is 32.3 Å². The highest BCUT2D eigenvalue weighted by Crippen LogP contribution is 2.35. The summed E-state index contributed by atoms with van der Waals surface area (Å²) in [6, 6.07) is 6.46. The molecule has 0 amide bonds. The van der Waals surface area contributed by atoms with Crippen LogP contribution in [-0.2, 0) is 6.42 Å². The lowest BCUT2D eigenvalue weighted by Crippen LogP contribution is -2.48. The van der Waals surface area contributed by atoms with Crippen LogP contribution in [0.25, 0.3) is 0 Å². The van der Waals surface area contributed by atoms with Gasteiger partial charge < -0.3 is 10.6 Å². The molecule has 0 aromatic heterocycles. The van der Waals surface area contributed by atoms with Crippen LogP contribution in [0.3, 0.4) is 0 Å². The fourth-order valence-corrected chi connectivity index (χ4v) is 3.70. The van der Waals surface area contributed by atoms with Gasteiger partial charge in [-0.3, -0.25) is 0 Å². The maximum absolute atomic E-state index is 14.1. The van der Waals surface area contributed by atoms with Gasteiger partial charge in [-0.05, 0) is 71.9 Å². The lowest BCUT2D eigenvalue weighted by Gasteiger charge is -2.37. The fourth-order valence-electron chi connectivity index (χ4n) is 3.70. The van der Waals surface area contributed by atoms with E-state index in [1.807, 2.05) is 20.8 Å². The third-order valence-corrected chi connectivity index (χ3v) is 6.74. The average Bonchev–Trinajstić information content (AvgIpc) is 2.68. The Bertz CT molecular complexity index is 862. The maximum atomic E-state index is 14.1. The van der Waals surface area contributed by atoms with Crippen LogP contribution < -0.4 is 10.6 Å². The zero-order chi connectivity index (χ0) is 25.8. The van der Waals surface area contributed by atoms with Gasteiger partial charge in [0.05, 0.1) is 6.54 Å². The molecule has 0 radical (unpaired) electrons. The van der Waals surface area contributed by atoms with E-state index in [1.165, 1.54) is 16.7 Å². The predicted molar refractivity (Wildman–Crippen MR) is 135 cm³/mol. The molecule has 1 aromatic rings. The second kappa shape index (κ2) is 10.8. The quantitative estimate of drug-likeness (QED) is 0.297. The normalized spacial score (nSPS) is 14.4. The number of alkyl halides is 3. The first kappa shape index (κ1) is 28.9. The third-order valence-electron chi connectivity index (χ3n) is 6.74. The summed E-state index contributed by atoms with van der Waals surface area (Å²) in [7, 11) is 0. The molecule has 1 rings (SSSR count). The van der Waals surface area contributed by atoms with Crippen molar-refractivity contribution in [1.29, 1.82) is 0 Å². The lowest BCUT2D eigenvalue weighted by atomic mass is 9.82. The van der Waals surface area contributed by atoms with Gasteiger partial charge in [0, 0.05) is 22.9 Å². The average molecular weight is 465 g/mol. The number of rotatable bonds is 13. The van der Waals surface area contributed by atoms with Crippen molar-refractivity contribution in [3.8, 4) is 0 Å². The number of nitrogens with one attached hydrogen (secondary N) is 2. The lowest BCUT2D eigenvalue weighted by molar-refractivity contribution is -0.115. The second-order valence-corrected chi connectivity index (χ2v) is 10.4. The van der Waals surface area contributed by atoms with Crippen molar-refractivity contribution in [3.63, 3.8) is 0 Å². The summed E-state index contributed by atoms with van der Waals surface area (Å²) in [5, 5.41) is 6.15. The largest absolute Gasteiger partial charge is 0.382 e. The minimum Gasteiger partial charge on any atom is -0.382 e. The molecule has 0 fully saturated rings. The summed E-state index contributed by atoms with van der Waals surface area (Å²) in [6.45, 7) is 25.3. The molecule has 33 heavy (non-hydrogen) atoms. The Hall–Kier alpha value is -2.17. The predicted octanol–water partition coefficient (Wildman–Crippen LogP) is 7.43. The van der Waals surface area contributed by atoms with Gasteiger partial charge in [0.25, 0.3) is 5.92 Å². The summed E-state index contributed by atoms with van der Waals surface area (Å²) in [5.74, 6) is -3.26. The van der Waals surface area contributed by atoms with E-state index in [4.69, 9.17) is 0 Å². The molecule has 0 spiro atoms. The van der Waals surface area contributed by atoms with Gasteiger partial charge in [0.1, 0.15) is 0 Å². The van der Waals surface area contributed by atoms with Crippen molar-refractivity contribution < 1.29 is 13.2 Å². The van der Waals surface area contributed by atoms with Crippen LogP contribution >= 0.6 is 0 Å². The smallest absolute Gasteiger partial charge is 0.297 e. The van der Waals surface area contributed by atoms with Crippen LogP contribution in [-0.4, -0.2) is 24.2 Å². The highest BCUT2D eigenvalue weighted by Gasteiger charge is 2.47. The first-order valence-corrected chi connectivity index (χ1v) is 11.6. The summed E-state index contributed by atoms with van der Waals surface area (Å²) in [6.07, 6.45) is 1.82. The Morgan fingerprint density at radius 2 is 1.58 bits per heavy atom. The molecule has 1 aromatic carbocycles. The van der Waals surface area contributed by atoms with Crippen molar-refractivity contribution in [1.82, 2.24) is 10.6 Å². The van der Waals surface area contributed by atoms with Crippen molar-refractivity contribution in [2.45, 2.75) is 85.9 Å². The minimum absolute atomic E-state index is 0.0403. The van der Waals surface area contributed by atoms with E-state index in [1.54, 1.807) is 0 Å². The van der Waals surface area contributed by atoms with Gasteiger partial charge in [0.15, 0.2) is 5.67 Å². The second-order valence-electron chi connectivity index (χ2n) is 10.4. The Morgan fingerprint density at radius 3 is 2.03 bits per heavy atom. The van der Waals surface area contributed by atoms with Crippen LogP contribution in [0, 0.1) is 25.2 Å². The van der Waals surface area contributed by atoms with Gasteiger partial charge in [-0.25, -0.2) is 13.2 Å². The molecule has 0 heterocycles. The van der Waals surface area contributed by atoms with E-state index in [0.29, 0.717) is 11.4 Å². The summed E-state index contributed by atoms with van der Waals surface area (Å²) in [4.78, 5) is 0. The SMILES string of the molecule is C=C(C)[C@H](NC(=C)C(C)(C)C(=C)NCC(F)(F)C(C)(C)F)[C@H](CC)Cc1ccc(C)cc1C. The Balaban J connectivity index is 2.99. The highest BCUT2D eigenvalue weighted by molar-refractivity contribution is 5.31. The van der Waals surface area contributed by atoms with Crippen LogP contribution in [0.4, 0.5) is 13.2 Å². The topological polar surface area (TPSA) is 24.1 Å². The van der Waals surface area contributed by atoms with Crippen molar-refractivity contribution >= 4 is 0 Å². The summed E-state index contributed by atoms with van der Waals surface area (Å²) < 4.78 is 42.0. The summed E-state index contributed by atoms with van der Waals surface area (Å²) >= 11 is 0. The van der Waals surface area contributed by atoms with Crippen LogP contribution in [0.2, 0.25) is 0 Å². The van der Waals surface area contributed by atoms with E-state index >= 15 is 0 Å². The van der Waals surface area contributed by atoms with Gasteiger partial charge in [-0.1, -0.05) is 62.4 Å². The number of hydrogen-bond acceptors (Lipinski definition) is 2. The number of aryl methyl sites for hydroxylation is 2. The molecule has 2 nitrogen and oxygen atoms in total. The molecule has 5 heteroatoms. The zero-order valence-electron chi connectivity index (χ0n) is 21.8. The van der Waals surface area contributed by atoms with E-state index in [9.17, 15) is 13.2 Å². The van der Waals surface area contributed by atoms with Crippen molar-refractivity contribution in [2.75, 3.05) is 6.54 Å². The molecule has 2 N–H and O–H groups in total. The molecular formula is C28H43F3N2. The molecule has 2 atom stereocenters. The van der Waals surface area contributed by atoms with Crippen LogP contribution in [0.1, 0.15) is 64.7 Å². The third kappa shape index (κ3) is 7.41. The monoisotopic (exact) mass is 464 g/mol. The first-order valence-electron chi connectivity index (χ1n) is 11.6. The molecule has 0 saturated carbocycles. The molecule has 0 bridgehead atoms. The van der Waals surface area contributed by atoms with E-state index < -0.39 is 23.6 Å². The van der Waals surface area contributed by atoms with Gasteiger partial charge in [-0.2, -0.15) is 0 Å². The van der Waals surface area contributed by atoms with Crippen LogP contribution in [0.15, 0.2) is 54.9 Å². The number of halogens is 3. The standard InChI is InChI=1S/C28H43F3N2/c1-12-23(16-24-14-13-19(4)15-20(24)5)25(18(2)3)33-22(7)26(8,9)21(6)32-17-28(30,31)27(10,11)29/h13-15,23,25,32-33H,2,6-7,12,16-17H2,1,3-5,8-11H3/t23-,25+/m1/s1. The zero-order valence-corrected chi connectivity index (χ0v) is 21.8. The molecular weight excluding hydrogens is 421 g/mol. The molecule has 0 aliphatic carbocycles. The van der Waals surface area contributed by atoms with Crippen molar-refractivity contribution in [2.24, 2.45) is 11.3 Å². The van der Waals surface area contributed by atoms with Gasteiger partial charge >= 0.3 is 0 Å². The Morgan fingerprint density at radius 1 is 1.00 bits per heavy atom. The summed E-state index contributed by atoms with van der Waals surface area (Å²) in [5.41, 5.74) is 2.40. The van der Waals surface area contributed by atoms with Crippen molar-refractivity contribution in [3.05, 3.63) is 71.6 Å². The molecule has 0 aliphatic rings. The Kier molecular flexibility index (Phi) is 9.48. The van der Waals surface area contributed by atoms with Crippen LogP contribution in [0.5, 0.6) is 0 Å². The fraction of sp³-hybridized carbons (Fsp3) is 0.571. The molecule has 186 valence electrons. The van der Waals surface area contributed by atoms with E-state index in [2.05, 4.69) is 69.3 Å².